The van der Waals surface area contributed by atoms with Crippen molar-refractivity contribution in [1.82, 2.24) is 8.28 Å². The molecule has 0 saturated carbocycles. The van der Waals surface area contributed by atoms with Gasteiger partial charge in [0.05, 0.1) is 5.52 Å². The zero-order valence-electron chi connectivity index (χ0n) is 17.6. The highest BCUT2D eigenvalue weighted by atomic mass is 32.2. The first kappa shape index (κ1) is 21.3. The largest absolute Gasteiger partial charge is 0.322 e. The zero-order valence-corrected chi connectivity index (χ0v) is 19.5. The van der Waals surface area contributed by atoms with E-state index in [9.17, 15) is 13.2 Å². The van der Waals surface area contributed by atoms with Gasteiger partial charge in [-0.2, -0.15) is 12.7 Å². The normalized spacial score (nSPS) is 12.5. The third kappa shape index (κ3) is 3.87. The Kier molecular flexibility index (Phi) is 5.46. The van der Waals surface area contributed by atoms with Gasteiger partial charge in [0.15, 0.2) is 0 Å². The van der Waals surface area contributed by atoms with Crippen molar-refractivity contribution in [3.05, 3.63) is 59.7 Å². The van der Waals surface area contributed by atoms with Crippen LogP contribution < -0.4 is 10.6 Å². The van der Waals surface area contributed by atoms with Gasteiger partial charge in [-0.15, -0.1) is 0 Å². The first-order valence-electron chi connectivity index (χ1n) is 9.39. The number of rotatable bonds is 5. The molecule has 0 fully saturated rings. The summed E-state index contributed by atoms with van der Waals surface area (Å²) in [6.07, 6.45) is 0. The van der Waals surface area contributed by atoms with Gasteiger partial charge < -0.3 is 5.32 Å². The number of aryl methyl sites for hydroxylation is 1. The SMILES string of the molecule is Cc1c(C(=O)Nc2ccccc2)ccc2c1cc([Si](C)(C)C)n2S(=O)(=O)N(C)C. The second-order valence-corrected chi connectivity index (χ2v) is 15.3. The van der Waals surface area contributed by atoms with Gasteiger partial charge in [-0.1, -0.05) is 37.8 Å². The molecule has 0 radical (unpaired) electrons. The lowest BCUT2D eigenvalue weighted by Gasteiger charge is -2.22. The number of amides is 1. The molecule has 29 heavy (non-hydrogen) atoms. The topological polar surface area (TPSA) is 71.4 Å². The fourth-order valence-electron chi connectivity index (χ4n) is 3.30. The Morgan fingerprint density at radius 2 is 1.66 bits per heavy atom. The maximum Gasteiger partial charge on any atom is 0.307 e. The molecular weight excluding hydrogens is 402 g/mol. The Bertz CT molecular complexity index is 1180. The molecule has 0 unspecified atom stereocenters. The molecule has 0 aliphatic heterocycles. The van der Waals surface area contributed by atoms with E-state index in [1.54, 1.807) is 12.1 Å². The Labute approximate surface area is 173 Å². The molecule has 0 bridgehead atoms. The number of nitrogens with zero attached hydrogens (tertiary/aromatic N) is 2. The predicted octanol–water partition coefficient (Wildman–Crippen LogP) is 3.40. The minimum atomic E-state index is -3.69. The van der Waals surface area contributed by atoms with Gasteiger partial charge in [0.1, 0.15) is 8.07 Å². The van der Waals surface area contributed by atoms with E-state index in [2.05, 4.69) is 25.0 Å². The van der Waals surface area contributed by atoms with Gasteiger partial charge in [-0.25, -0.2) is 3.97 Å². The van der Waals surface area contributed by atoms with Crippen LogP contribution in [0.3, 0.4) is 0 Å². The van der Waals surface area contributed by atoms with Crippen LogP contribution >= 0.6 is 0 Å². The van der Waals surface area contributed by atoms with Crippen molar-refractivity contribution in [3.8, 4) is 0 Å². The number of hydrogen-bond donors (Lipinski definition) is 1. The summed E-state index contributed by atoms with van der Waals surface area (Å²) in [5.74, 6) is -0.214. The number of nitrogens with one attached hydrogen (secondary N) is 1. The van der Waals surface area contributed by atoms with Crippen LogP contribution in [0, 0.1) is 6.92 Å². The second-order valence-electron chi connectivity index (χ2n) is 8.33. The average Bonchev–Trinajstić information content (AvgIpc) is 3.04. The van der Waals surface area contributed by atoms with Crippen LogP contribution in [0.5, 0.6) is 0 Å². The molecule has 1 aromatic heterocycles. The first-order valence-corrected chi connectivity index (χ1v) is 14.3. The van der Waals surface area contributed by atoms with E-state index in [4.69, 9.17) is 0 Å². The summed E-state index contributed by atoms with van der Waals surface area (Å²) in [7, 11) is -2.61. The zero-order chi connectivity index (χ0) is 21.6. The number of para-hydroxylation sites is 1. The van der Waals surface area contributed by atoms with Crippen LogP contribution in [-0.4, -0.2) is 44.8 Å². The van der Waals surface area contributed by atoms with Gasteiger partial charge in [0.25, 0.3) is 5.91 Å². The number of benzene rings is 2. The predicted molar refractivity (Wildman–Crippen MR) is 122 cm³/mol. The van der Waals surface area contributed by atoms with Crippen molar-refractivity contribution in [2.75, 3.05) is 19.4 Å². The summed E-state index contributed by atoms with van der Waals surface area (Å²) in [4.78, 5) is 12.8. The Hall–Kier alpha value is -2.42. The minimum absolute atomic E-state index is 0.214. The molecule has 0 aliphatic carbocycles. The Morgan fingerprint density at radius 1 is 1.03 bits per heavy atom. The molecule has 1 N–H and O–H groups in total. The summed E-state index contributed by atoms with van der Waals surface area (Å²) in [5, 5.41) is 4.50. The van der Waals surface area contributed by atoms with Gasteiger partial charge >= 0.3 is 10.2 Å². The number of carbonyl (C=O) groups is 1. The van der Waals surface area contributed by atoms with Crippen LogP contribution in [-0.2, 0) is 10.2 Å². The molecule has 3 aromatic rings. The third-order valence-corrected chi connectivity index (χ3v) is 8.79. The Morgan fingerprint density at radius 3 is 2.21 bits per heavy atom. The molecule has 0 spiro atoms. The molecule has 0 atom stereocenters. The lowest BCUT2D eigenvalue weighted by atomic mass is 10.0. The van der Waals surface area contributed by atoms with Crippen LogP contribution in [0.15, 0.2) is 48.5 Å². The number of hydrogen-bond acceptors (Lipinski definition) is 3. The number of fused-ring (bicyclic) bond motifs is 1. The van der Waals surface area contributed by atoms with Crippen molar-refractivity contribution in [1.29, 1.82) is 0 Å². The molecule has 3 rings (SSSR count). The summed E-state index contributed by atoms with van der Waals surface area (Å²) in [6, 6.07) is 14.6. The molecular formula is C21H27N3O3SSi. The maximum atomic E-state index is 13.1. The molecule has 1 heterocycles. The standard InChI is InChI=1S/C21H27N3O3SSi/c1-15-17(21(25)22-16-10-8-7-9-11-16)12-13-19-18(15)14-20(29(4,5)6)24(19)28(26,27)23(2)3/h7-14H,1-6H3,(H,22,25). The van der Waals surface area contributed by atoms with E-state index in [1.807, 2.05) is 43.3 Å². The molecule has 0 aliphatic rings. The van der Waals surface area contributed by atoms with Gasteiger partial charge in [-0.05, 0) is 42.8 Å². The van der Waals surface area contributed by atoms with E-state index in [1.165, 1.54) is 22.4 Å². The molecule has 1 amide bonds. The lowest BCUT2D eigenvalue weighted by molar-refractivity contribution is 0.102. The van der Waals surface area contributed by atoms with E-state index < -0.39 is 18.3 Å². The number of carbonyl (C=O) groups excluding carboxylic acids is 1. The van der Waals surface area contributed by atoms with E-state index >= 15 is 0 Å². The van der Waals surface area contributed by atoms with Crippen LogP contribution in [0.25, 0.3) is 10.9 Å². The fraction of sp³-hybridized carbons (Fsp3) is 0.286. The highest BCUT2D eigenvalue weighted by molar-refractivity contribution is 7.88. The van der Waals surface area contributed by atoms with Crippen molar-refractivity contribution >= 4 is 46.1 Å². The summed E-state index contributed by atoms with van der Waals surface area (Å²) in [6.45, 7) is 8.20. The highest BCUT2D eigenvalue weighted by Crippen LogP contribution is 2.26. The van der Waals surface area contributed by atoms with Crippen molar-refractivity contribution in [3.63, 3.8) is 0 Å². The van der Waals surface area contributed by atoms with Crippen molar-refractivity contribution in [2.45, 2.75) is 26.6 Å². The number of aromatic nitrogens is 1. The fourth-order valence-corrected chi connectivity index (χ4v) is 6.81. The third-order valence-electron chi connectivity index (χ3n) is 4.95. The summed E-state index contributed by atoms with van der Waals surface area (Å²) in [5.41, 5.74) is 2.61. The molecule has 154 valence electrons. The van der Waals surface area contributed by atoms with Crippen LogP contribution in [0.4, 0.5) is 5.69 Å². The van der Waals surface area contributed by atoms with Gasteiger partial charge in [0.2, 0.25) is 0 Å². The Balaban J connectivity index is 2.20. The second kappa shape index (κ2) is 7.44. The average molecular weight is 430 g/mol. The van der Waals surface area contributed by atoms with Crippen LogP contribution in [0.2, 0.25) is 19.6 Å². The molecule has 0 saturated heterocycles. The summed E-state index contributed by atoms with van der Waals surface area (Å²) >= 11 is 0. The van der Waals surface area contributed by atoms with Crippen LogP contribution in [0.1, 0.15) is 15.9 Å². The molecule has 8 heteroatoms. The summed E-state index contributed by atoms with van der Waals surface area (Å²) < 4.78 is 28.8. The molecule has 6 nitrogen and oxygen atoms in total. The van der Waals surface area contributed by atoms with E-state index in [-0.39, 0.29) is 5.91 Å². The molecule has 2 aromatic carbocycles. The van der Waals surface area contributed by atoms with E-state index in [0.29, 0.717) is 16.8 Å². The minimum Gasteiger partial charge on any atom is -0.322 e. The monoisotopic (exact) mass is 429 g/mol. The quantitative estimate of drug-likeness (QED) is 0.632. The van der Waals surface area contributed by atoms with Crippen molar-refractivity contribution in [2.24, 2.45) is 0 Å². The highest BCUT2D eigenvalue weighted by Gasteiger charge is 2.31. The van der Waals surface area contributed by atoms with Gasteiger partial charge in [-0.3, -0.25) is 4.79 Å². The van der Waals surface area contributed by atoms with E-state index in [0.717, 1.165) is 16.3 Å². The number of anilines is 1. The lowest BCUT2D eigenvalue weighted by Crippen LogP contribution is -2.47. The smallest absolute Gasteiger partial charge is 0.307 e. The van der Waals surface area contributed by atoms with Crippen molar-refractivity contribution < 1.29 is 13.2 Å². The maximum absolute atomic E-state index is 13.1. The first-order chi connectivity index (χ1) is 13.4. The van der Waals surface area contributed by atoms with Gasteiger partial charge in [0, 0.05) is 36.0 Å².